The van der Waals surface area contributed by atoms with E-state index >= 15 is 0 Å². The minimum Gasteiger partial charge on any atom is -0.426 e. The maximum atomic E-state index is 9.60. The minimum absolute atomic E-state index is 0.989. The monoisotopic (exact) mass is 147 g/mol. The standard InChI is InChI=1S/C9H7O2/c10-8-11-7-6-9-4-2-1-3-5-9/h1-7H. The van der Waals surface area contributed by atoms with Gasteiger partial charge in [0.15, 0.2) is 0 Å². The summed E-state index contributed by atoms with van der Waals surface area (Å²) in [6.07, 6.45) is 2.98. The second-order valence-corrected chi connectivity index (χ2v) is 1.91. The van der Waals surface area contributed by atoms with Crippen molar-refractivity contribution in [1.29, 1.82) is 0 Å². The van der Waals surface area contributed by atoms with E-state index in [9.17, 15) is 4.79 Å². The molecular weight excluding hydrogens is 140 g/mol. The van der Waals surface area contributed by atoms with Crippen LogP contribution < -0.4 is 0 Å². The molecule has 0 aliphatic rings. The van der Waals surface area contributed by atoms with Crippen molar-refractivity contribution in [2.24, 2.45) is 0 Å². The van der Waals surface area contributed by atoms with E-state index in [0.717, 1.165) is 5.56 Å². The normalized spacial score (nSPS) is 9.82. The van der Waals surface area contributed by atoms with Gasteiger partial charge in [0.1, 0.15) is 0 Å². The van der Waals surface area contributed by atoms with Crippen molar-refractivity contribution in [3.05, 3.63) is 42.2 Å². The Labute approximate surface area is 65.1 Å². The van der Waals surface area contributed by atoms with Crippen LogP contribution in [0.2, 0.25) is 0 Å². The van der Waals surface area contributed by atoms with Crippen LogP contribution >= 0.6 is 0 Å². The fourth-order valence-electron chi connectivity index (χ4n) is 0.705. The number of hydrogen-bond donors (Lipinski definition) is 0. The van der Waals surface area contributed by atoms with Crippen LogP contribution in [0.15, 0.2) is 36.6 Å². The van der Waals surface area contributed by atoms with Crippen LogP contribution in [0.25, 0.3) is 6.08 Å². The van der Waals surface area contributed by atoms with Crippen molar-refractivity contribution in [2.75, 3.05) is 0 Å². The molecule has 0 heterocycles. The largest absolute Gasteiger partial charge is 0.426 e. The van der Waals surface area contributed by atoms with Crippen LogP contribution in [0.1, 0.15) is 5.56 Å². The van der Waals surface area contributed by atoms with Crippen molar-refractivity contribution in [2.45, 2.75) is 0 Å². The van der Waals surface area contributed by atoms with Crippen LogP contribution in [-0.4, -0.2) is 6.47 Å². The molecule has 11 heavy (non-hydrogen) atoms. The lowest BCUT2D eigenvalue weighted by Gasteiger charge is -1.88. The SMILES string of the molecule is O=[C]OC=Cc1ccccc1. The molecule has 0 aliphatic heterocycles. The van der Waals surface area contributed by atoms with E-state index < -0.39 is 0 Å². The highest BCUT2D eigenvalue weighted by Crippen LogP contribution is 1.99. The fraction of sp³-hybridized carbons (Fsp3) is 0. The van der Waals surface area contributed by atoms with Crippen LogP contribution in [0.5, 0.6) is 0 Å². The van der Waals surface area contributed by atoms with E-state index in [1.54, 1.807) is 6.08 Å². The Morgan fingerprint density at radius 3 is 2.64 bits per heavy atom. The molecule has 0 amide bonds. The number of ether oxygens (including phenoxy) is 1. The zero-order valence-electron chi connectivity index (χ0n) is 5.86. The predicted molar refractivity (Wildman–Crippen MR) is 42.3 cm³/mol. The highest BCUT2D eigenvalue weighted by atomic mass is 16.5. The summed E-state index contributed by atoms with van der Waals surface area (Å²) in [4.78, 5) is 9.60. The average molecular weight is 147 g/mol. The van der Waals surface area contributed by atoms with Gasteiger partial charge in [-0.2, -0.15) is 0 Å². The lowest BCUT2D eigenvalue weighted by molar-refractivity contribution is 0.400. The first-order chi connectivity index (χ1) is 5.43. The Bertz CT molecular complexity index is 239. The quantitative estimate of drug-likeness (QED) is 0.609. The lowest BCUT2D eigenvalue weighted by Crippen LogP contribution is -1.73. The summed E-state index contributed by atoms with van der Waals surface area (Å²) in [5.74, 6) is 0. The summed E-state index contributed by atoms with van der Waals surface area (Å²) < 4.78 is 4.25. The van der Waals surface area contributed by atoms with E-state index in [0.29, 0.717) is 0 Å². The average Bonchev–Trinajstić information content (AvgIpc) is 2.07. The Morgan fingerprint density at radius 1 is 1.27 bits per heavy atom. The molecule has 0 spiro atoms. The first-order valence-electron chi connectivity index (χ1n) is 3.18. The zero-order chi connectivity index (χ0) is 7.94. The molecular formula is C9H7O2. The van der Waals surface area contributed by atoms with Crippen LogP contribution in [0.4, 0.5) is 0 Å². The summed E-state index contributed by atoms with van der Waals surface area (Å²) in [5, 5.41) is 0. The second-order valence-electron chi connectivity index (χ2n) is 1.91. The van der Waals surface area contributed by atoms with Gasteiger partial charge in [0.05, 0.1) is 6.26 Å². The van der Waals surface area contributed by atoms with Gasteiger partial charge in [-0.1, -0.05) is 30.3 Å². The lowest BCUT2D eigenvalue weighted by atomic mass is 10.2. The smallest absolute Gasteiger partial charge is 0.422 e. The van der Waals surface area contributed by atoms with Crippen molar-refractivity contribution in [1.82, 2.24) is 0 Å². The van der Waals surface area contributed by atoms with Gasteiger partial charge in [-0.05, 0) is 11.6 Å². The maximum Gasteiger partial charge on any atom is 0.422 e. The molecule has 0 bridgehead atoms. The first kappa shape index (κ1) is 7.54. The maximum absolute atomic E-state index is 9.60. The third-order valence-corrected chi connectivity index (χ3v) is 1.18. The summed E-state index contributed by atoms with van der Waals surface area (Å²) in [5.41, 5.74) is 0.989. The third-order valence-electron chi connectivity index (χ3n) is 1.18. The molecule has 1 aromatic carbocycles. The molecule has 1 radical (unpaired) electrons. The summed E-state index contributed by atoms with van der Waals surface area (Å²) in [6.45, 7) is 1.30. The molecule has 0 saturated heterocycles. The van der Waals surface area contributed by atoms with E-state index in [4.69, 9.17) is 0 Å². The Balaban J connectivity index is 2.57. The van der Waals surface area contributed by atoms with Gasteiger partial charge in [-0.15, -0.1) is 0 Å². The summed E-state index contributed by atoms with van der Waals surface area (Å²) >= 11 is 0. The van der Waals surface area contributed by atoms with Gasteiger partial charge in [0.2, 0.25) is 0 Å². The van der Waals surface area contributed by atoms with E-state index in [1.165, 1.54) is 12.7 Å². The summed E-state index contributed by atoms with van der Waals surface area (Å²) in [6, 6.07) is 9.55. The molecule has 0 aromatic heterocycles. The van der Waals surface area contributed by atoms with Crippen molar-refractivity contribution >= 4 is 12.5 Å². The van der Waals surface area contributed by atoms with Gasteiger partial charge in [-0.3, -0.25) is 0 Å². The van der Waals surface area contributed by atoms with Gasteiger partial charge >= 0.3 is 6.47 Å². The molecule has 0 aliphatic carbocycles. The number of carbonyl (C=O) groups excluding carboxylic acids is 1. The van der Waals surface area contributed by atoms with E-state index in [2.05, 4.69) is 4.74 Å². The van der Waals surface area contributed by atoms with Gasteiger partial charge in [-0.25, -0.2) is 4.79 Å². The van der Waals surface area contributed by atoms with Gasteiger partial charge in [0, 0.05) is 0 Å². The summed E-state index contributed by atoms with van der Waals surface area (Å²) in [7, 11) is 0. The molecule has 0 atom stereocenters. The molecule has 2 heteroatoms. The third kappa shape index (κ3) is 2.67. The topological polar surface area (TPSA) is 26.3 Å². The van der Waals surface area contributed by atoms with Gasteiger partial charge < -0.3 is 4.74 Å². The second kappa shape index (κ2) is 4.28. The Morgan fingerprint density at radius 2 is 2.00 bits per heavy atom. The molecule has 55 valence electrons. The number of benzene rings is 1. The molecule has 1 aromatic rings. The molecule has 0 N–H and O–H groups in total. The zero-order valence-corrected chi connectivity index (χ0v) is 5.86. The van der Waals surface area contributed by atoms with Crippen molar-refractivity contribution in [3.63, 3.8) is 0 Å². The molecule has 0 unspecified atom stereocenters. The van der Waals surface area contributed by atoms with Crippen molar-refractivity contribution in [3.8, 4) is 0 Å². The molecule has 0 saturated carbocycles. The highest BCUT2D eigenvalue weighted by molar-refractivity contribution is 5.50. The van der Waals surface area contributed by atoms with E-state index in [1.807, 2.05) is 30.3 Å². The number of hydrogen-bond acceptors (Lipinski definition) is 2. The Hall–Kier alpha value is -1.57. The molecule has 1 rings (SSSR count). The van der Waals surface area contributed by atoms with Crippen LogP contribution in [0, 0.1) is 0 Å². The number of rotatable bonds is 3. The minimum atomic E-state index is 0.989. The predicted octanol–water partition coefficient (Wildman–Crippen LogP) is 1.74. The van der Waals surface area contributed by atoms with E-state index in [-0.39, 0.29) is 0 Å². The Kier molecular flexibility index (Phi) is 2.93. The highest BCUT2D eigenvalue weighted by Gasteiger charge is 1.80. The fourth-order valence-corrected chi connectivity index (χ4v) is 0.705. The first-order valence-corrected chi connectivity index (χ1v) is 3.18. The van der Waals surface area contributed by atoms with Gasteiger partial charge in [0.25, 0.3) is 0 Å². The van der Waals surface area contributed by atoms with Crippen molar-refractivity contribution < 1.29 is 9.53 Å². The molecule has 2 nitrogen and oxygen atoms in total. The molecule has 0 fully saturated rings. The van der Waals surface area contributed by atoms with Crippen LogP contribution in [0.3, 0.4) is 0 Å². The van der Waals surface area contributed by atoms with Crippen LogP contribution in [-0.2, 0) is 9.53 Å².